The lowest BCUT2D eigenvalue weighted by atomic mass is 9.61. The molecule has 0 aromatic heterocycles. The van der Waals surface area contributed by atoms with Gasteiger partial charge in [0.25, 0.3) is 0 Å². The Kier molecular flexibility index (Phi) is 2.35. The van der Waals surface area contributed by atoms with E-state index < -0.39 is 0 Å². The van der Waals surface area contributed by atoms with Crippen molar-refractivity contribution in [3.05, 3.63) is 29.8 Å². The third-order valence-electron chi connectivity index (χ3n) is 4.33. The summed E-state index contributed by atoms with van der Waals surface area (Å²) in [5.41, 5.74) is 1.11. The average molecular weight is 231 g/mol. The molecule has 0 unspecified atom stereocenters. The van der Waals surface area contributed by atoms with E-state index in [4.69, 9.17) is 4.74 Å². The van der Waals surface area contributed by atoms with Gasteiger partial charge in [-0.2, -0.15) is 0 Å². The number of amides is 1. The van der Waals surface area contributed by atoms with Crippen LogP contribution in [0.1, 0.15) is 30.7 Å². The summed E-state index contributed by atoms with van der Waals surface area (Å²) in [6.07, 6.45) is 3.23. The van der Waals surface area contributed by atoms with Crippen LogP contribution in [0.2, 0.25) is 0 Å². The number of hydrogen-bond donors (Lipinski definition) is 1. The second kappa shape index (κ2) is 3.76. The van der Waals surface area contributed by atoms with E-state index in [1.165, 1.54) is 12.0 Å². The summed E-state index contributed by atoms with van der Waals surface area (Å²) < 4.78 is 5.26. The highest BCUT2D eigenvalue weighted by atomic mass is 16.5. The molecule has 1 saturated heterocycles. The average Bonchev–Trinajstić information content (AvgIpc) is 2.66. The number of carbonyl (C=O) groups excluding carboxylic acids is 1. The molecule has 3 rings (SSSR count). The van der Waals surface area contributed by atoms with E-state index >= 15 is 0 Å². The molecule has 1 saturated carbocycles. The second-order valence-corrected chi connectivity index (χ2v) is 5.05. The molecule has 2 fully saturated rings. The van der Waals surface area contributed by atoms with Crippen molar-refractivity contribution in [3.63, 3.8) is 0 Å². The summed E-state index contributed by atoms with van der Waals surface area (Å²) in [4.78, 5) is 12.0. The first-order valence-corrected chi connectivity index (χ1v) is 6.18. The van der Waals surface area contributed by atoms with Gasteiger partial charge in [0.2, 0.25) is 5.91 Å². The standard InChI is InChI=1S/C14H17NO2/c1-17-11-5-2-4-10(8-11)12-9-15-13(16)14(12)6-3-7-14/h2,4-5,8,12H,3,6-7,9H2,1H3,(H,15,16)/t12-/m1/s1. The van der Waals surface area contributed by atoms with E-state index in [2.05, 4.69) is 17.4 Å². The Morgan fingerprint density at radius 3 is 2.88 bits per heavy atom. The predicted molar refractivity (Wildman–Crippen MR) is 65.0 cm³/mol. The van der Waals surface area contributed by atoms with E-state index in [0.29, 0.717) is 5.92 Å². The van der Waals surface area contributed by atoms with Crippen LogP contribution in [-0.4, -0.2) is 19.6 Å². The minimum absolute atomic E-state index is 0.119. The van der Waals surface area contributed by atoms with Crippen molar-refractivity contribution in [1.82, 2.24) is 5.32 Å². The number of carbonyl (C=O) groups is 1. The fourth-order valence-corrected chi connectivity index (χ4v) is 3.15. The zero-order valence-corrected chi connectivity index (χ0v) is 10.0. The number of methoxy groups -OCH3 is 1. The molecule has 3 heteroatoms. The minimum Gasteiger partial charge on any atom is -0.497 e. The molecule has 1 heterocycles. The van der Waals surface area contributed by atoms with Crippen LogP contribution in [0.5, 0.6) is 5.75 Å². The van der Waals surface area contributed by atoms with E-state index in [9.17, 15) is 4.79 Å². The zero-order chi connectivity index (χ0) is 11.9. The van der Waals surface area contributed by atoms with Crippen molar-refractivity contribution in [2.24, 2.45) is 5.41 Å². The molecule has 1 aliphatic heterocycles. The van der Waals surface area contributed by atoms with E-state index in [1.54, 1.807) is 7.11 Å². The van der Waals surface area contributed by atoms with Gasteiger partial charge in [-0.1, -0.05) is 18.6 Å². The Hall–Kier alpha value is -1.51. The summed E-state index contributed by atoms with van der Waals surface area (Å²) in [6.45, 7) is 0.770. The highest BCUT2D eigenvalue weighted by Gasteiger charge is 2.54. The fourth-order valence-electron chi connectivity index (χ4n) is 3.15. The maximum absolute atomic E-state index is 12.0. The molecule has 1 aromatic carbocycles. The van der Waals surface area contributed by atoms with Crippen molar-refractivity contribution >= 4 is 5.91 Å². The maximum Gasteiger partial charge on any atom is 0.226 e. The third-order valence-corrected chi connectivity index (χ3v) is 4.33. The van der Waals surface area contributed by atoms with Gasteiger partial charge in [0.1, 0.15) is 5.75 Å². The van der Waals surface area contributed by atoms with Crippen LogP contribution in [0.25, 0.3) is 0 Å². The Morgan fingerprint density at radius 2 is 2.24 bits per heavy atom. The van der Waals surface area contributed by atoms with Crippen molar-refractivity contribution in [3.8, 4) is 5.75 Å². The van der Waals surface area contributed by atoms with Crippen molar-refractivity contribution in [2.75, 3.05) is 13.7 Å². The Labute approximate surface area is 101 Å². The van der Waals surface area contributed by atoms with Crippen molar-refractivity contribution < 1.29 is 9.53 Å². The van der Waals surface area contributed by atoms with Gasteiger partial charge in [0, 0.05) is 12.5 Å². The first-order chi connectivity index (χ1) is 8.26. The first-order valence-electron chi connectivity index (χ1n) is 6.18. The van der Waals surface area contributed by atoms with Crippen LogP contribution in [0.15, 0.2) is 24.3 Å². The van der Waals surface area contributed by atoms with E-state index in [0.717, 1.165) is 25.1 Å². The summed E-state index contributed by atoms with van der Waals surface area (Å²) >= 11 is 0. The van der Waals surface area contributed by atoms with E-state index in [-0.39, 0.29) is 11.3 Å². The maximum atomic E-state index is 12.0. The summed E-state index contributed by atoms with van der Waals surface area (Å²) in [5, 5.41) is 3.02. The minimum atomic E-state index is -0.119. The van der Waals surface area contributed by atoms with Crippen LogP contribution in [0.4, 0.5) is 0 Å². The lowest BCUT2D eigenvalue weighted by Crippen LogP contribution is -2.40. The second-order valence-electron chi connectivity index (χ2n) is 5.05. The highest BCUT2D eigenvalue weighted by molar-refractivity contribution is 5.87. The lowest BCUT2D eigenvalue weighted by molar-refractivity contribution is -0.132. The highest BCUT2D eigenvalue weighted by Crippen LogP contribution is 2.54. The number of ether oxygens (including phenoxy) is 1. The Balaban J connectivity index is 1.95. The number of nitrogens with one attached hydrogen (secondary N) is 1. The Bertz CT molecular complexity index is 451. The molecule has 2 aliphatic rings. The lowest BCUT2D eigenvalue weighted by Gasteiger charge is -2.40. The van der Waals surface area contributed by atoms with Gasteiger partial charge >= 0.3 is 0 Å². The molecule has 3 nitrogen and oxygen atoms in total. The molecule has 0 bridgehead atoms. The quantitative estimate of drug-likeness (QED) is 0.846. The molecule has 1 atom stereocenters. The number of hydrogen-bond acceptors (Lipinski definition) is 2. The summed E-state index contributed by atoms with van der Waals surface area (Å²) in [6, 6.07) is 8.11. The third kappa shape index (κ3) is 1.45. The smallest absolute Gasteiger partial charge is 0.226 e. The molecule has 17 heavy (non-hydrogen) atoms. The van der Waals surface area contributed by atoms with Gasteiger partial charge in [0.05, 0.1) is 12.5 Å². The Morgan fingerprint density at radius 1 is 1.41 bits per heavy atom. The molecule has 1 aromatic rings. The van der Waals surface area contributed by atoms with Crippen LogP contribution >= 0.6 is 0 Å². The number of benzene rings is 1. The van der Waals surface area contributed by atoms with Gasteiger partial charge in [-0.15, -0.1) is 0 Å². The summed E-state index contributed by atoms with van der Waals surface area (Å²) in [7, 11) is 1.68. The first kappa shape index (κ1) is 10.6. The van der Waals surface area contributed by atoms with Gasteiger partial charge < -0.3 is 10.1 Å². The molecule has 1 amide bonds. The molecule has 1 aliphatic carbocycles. The molecule has 90 valence electrons. The van der Waals surface area contributed by atoms with Gasteiger partial charge in [-0.25, -0.2) is 0 Å². The zero-order valence-electron chi connectivity index (χ0n) is 10.0. The van der Waals surface area contributed by atoms with Crippen LogP contribution in [-0.2, 0) is 4.79 Å². The van der Waals surface area contributed by atoms with Gasteiger partial charge in [-0.05, 0) is 30.5 Å². The van der Waals surface area contributed by atoms with E-state index in [1.807, 2.05) is 12.1 Å². The number of rotatable bonds is 2. The monoisotopic (exact) mass is 231 g/mol. The van der Waals surface area contributed by atoms with Crippen molar-refractivity contribution in [2.45, 2.75) is 25.2 Å². The van der Waals surface area contributed by atoms with Crippen LogP contribution in [0.3, 0.4) is 0 Å². The van der Waals surface area contributed by atoms with Crippen LogP contribution in [0, 0.1) is 5.41 Å². The molecule has 1 spiro atoms. The molecular weight excluding hydrogens is 214 g/mol. The topological polar surface area (TPSA) is 38.3 Å². The SMILES string of the molecule is COc1cccc([C@H]2CNC(=O)C23CCC3)c1. The molecule has 1 N–H and O–H groups in total. The van der Waals surface area contributed by atoms with Gasteiger partial charge in [-0.3, -0.25) is 4.79 Å². The molecule has 0 radical (unpaired) electrons. The molecular formula is C14H17NO2. The predicted octanol–water partition coefficient (Wildman–Crippen LogP) is 2.08. The summed E-state index contributed by atoms with van der Waals surface area (Å²) in [5.74, 6) is 1.44. The fraction of sp³-hybridized carbons (Fsp3) is 0.500. The van der Waals surface area contributed by atoms with Gasteiger partial charge in [0.15, 0.2) is 0 Å². The van der Waals surface area contributed by atoms with Crippen LogP contribution < -0.4 is 10.1 Å². The normalized spacial score (nSPS) is 25.5. The van der Waals surface area contributed by atoms with Crippen molar-refractivity contribution in [1.29, 1.82) is 0 Å². The largest absolute Gasteiger partial charge is 0.497 e.